The molecule has 1 rings (SSSR count). The number of hydrogen-bond donors (Lipinski definition) is 3. The summed E-state index contributed by atoms with van der Waals surface area (Å²) in [4.78, 5) is 12.0. The van der Waals surface area contributed by atoms with E-state index in [2.05, 4.69) is 29.7 Å². The van der Waals surface area contributed by atoms with Crippen molar-refractivity contribution in [2.75, 3.05) is 18.5 Å². The fourth-order valence-corrected chi connectivity index (χ4v) is 2.71. The van der Waals surface area contributed by atoms with Gasteiger partial charge in [0, 0.05) is 18.8 Å². The van der Waals surface area contributed by atoms with Crippen LogP contribution in [0.25, 0.3) is 0 Å². The molecule has 2 amide bonds. The first-order valence-corrected chi connectivity index (χ1v) is 7.71. The number of carbonyl (C=O) groups excluding carboxylic acids is 1. The number of nitrogens with one attached hydrogen (secondary N) is 2. The summed E-state index contributed by atoms with van der Waals surface area (Å²) in [6, 6.07) is 3.95. The Balaban J connectivity index is 2.57. The van der Waals surface area contributed by atoms with Crippen molar-refractivity contribution in [2.24, 2.45) is 5.92 Å². The first-order chi connectivity index (χ1) is 9.97. The molecule has 1 unspecified atom stereocenters. The zero-order valence-electron chi connectivity index (χ0n) is 13.6. The molecule has 0 heterocycles. The van der Waals surface area contributed by atoms with E-state index in [1.54, 1.807) is 0 Å². The number of aliphatic hydroxyl groups excluding tert-OH is 1. The van der Waals surface area contributed by atoms with Crippen LogP contribution < -0.4 is 10.6 Å². The minimum Gasteiger partial charge on any atom is -0.396 e. The highest BCUT2D eigenvalue weighted by Crippen LogP contribution is 2.21. The van der Waals surface area contributed by atoms with Gasteiger partial charge in [0.05, 0.1) is 0 Å². The van der Waals surface area contributed by atoms with Crippen molar-refractivity contribution in [3.8, 4) is 0 Å². The average molecular weight is 292 g/mol. The number of urea groups is 1. The van der Waals surface area contributed by atoms with Gasteiger partial charge in [-0.3, -0.25) is 0 Å². The van der Waals surface area contributed by atoms with Crippen molar-refractivity contribution in [3.05, 3.63) is 28.8 Å². The Bertz CT molecular complexity index is 443. The van der Waals surface area contributed by atoms with Crippen molar-refractivity contribution >= 4 is 11.7 Å². The van der Waals surface area contributed by atoms with Gasteiger partial charge in [0.2, 0.25) is 0 Å². The fraction of sp³-hybridized carbons (Fsp3) is 0.588. The molecule has 0 bridgehead atoms. The van der Waals surface area contributed by atoms with E-state index in [1.165, 1.54) is 5.56 Å². The predicted molar refractivity (Wildman–Crippen MR) is 87.8 cm³/mol. The Hall–Kier alpha value is -1.55. The molecule has 0 saturated carbocycles. The SMILES string of the molecule is CCCC(CCO)CNC(=O)Nc1c(C)cc(C)cc1C. The zero-order valence-corrected chi connectivity index (χ0v) is 13.6. The molecule has 0 aromatic heterocycles. The van der Waals surface area contributed by atoms with E-state index in [-0.39, 0.29) is 12.6 Å². The van der Waals surface area contributed by atoms with Gasteiger partial charge in [-0.05, 0) is 50.7 Å². The third kappa shape index (κ3) is 5.76. The average Bonchev–Trinajstić information content (AvgIpc) is 2.40. The predicted octanol–water partition coefficient (Wildman–Crippen LogP) is 3.53. The maximum atomic E-state index is 12.0. The quantitative estimate of drug-likeness (QED) is 0.720. The van der Waals surface area contributed by atoms with E-state index >= 15 is 0 Å². The topological polar surface area (TPSA) is 61.4 Å². The fourth-order valence-electron chi connectivity index (χ4n) is 2.71. The first kappa shape index (κ1) is 17.5. The van der Waals surface area contributed by atoms with Crippen LogP contribution in [-0.2, 0) is 0 Å². The summed E-state index contributed by atoms with van der Waals surface area (Å²) in [7, 11) is 0. The molecule has 0 radical (unpaired) electrons. The molecule has 0 spiro atoms. The Morgan fingerprint density at radius 2 is 1.81 bits per heavy atom. The van der Waals surface area contributed by atoms with Crippen molar-refractivity contribution < 1.29 is 9.90 Å². The number of aliphatic hydroxyl groups is 1. The molecular weight excluding hydrogens is 264 g/mol. The molecule has 118 valence electrons. The maximum absolute atomic E-state index is 12.0. The summed E-state index contributed by atoms with van der Waals surface area (Å²) >= 11 is 0. The van der Waals surface area contributed by atoms with Gasteiger partial charge in [-0.25, -0.2) is 4.79 Å². The third-order valence-electron chi connectivity index (χ3n) is 3.70. The van der Waals surface area contributed by atoms with Crippen LogP contribution in [0.15, 0.2) is 12.1 Å². The maximum Gasteiger partial charge on any atom is 0.319 e. The van der Waals surface area contributed by atoms with Crippen molar-refractivity contribution in [1.82, 2.24) is 5.32 Å². The van der Waals surface area contributed by atoms with Gasteiger partial charge in [0.1, 0.15) is 0 Å². The number of aryl methyl sites for hydroxylation is 3. The third-order valence-corrected chi connectivity index (χ3v) is 3.70. The van der Waals surface area contributed by atoms with Crippen LogP contribution in [-0.4, -0.2) is 24.3 Å². The van der Waals surface area contributed by atoms with Crippen LogP contribution in [0, 0.1) is 26.7 Å². The molecule has 0 aliphatic heterocycles. The largest absolute Gasteiger partial charge is 0.396 e. The second-order valence-corrected chi connectivity index (χ2v) is 5.78. The van der Waals surface area contributed by atoms with E-state index in [4.69, 9.17) is 5.11 Å². The molecule has 0 fully saturated rings. The number of benzene rings is 1. The normalized spacial score (nSPS) is 12.0. The minimum absolute atomic E-state index is 0.171. The Morgan fingerprint density at radius 1 is 1.19 bits per heavy atom. The summed E-state index contributed by atoms with van der Waals surface area (Å²) in [6.07, 6.45) is 2.81. The highest BCUT2D eigenvalue weighted by atomic mass is 16.3. The summed E-state index contributed by atoms with van der Waals surface area (Å²) in [5.74, 6) is 0.339. The number of anilines is 1. The smallest absolute Gasteiger partial charge is 0.319 e. The number of rotatable bonds is 7. The lowest BCUT2D eigenvalue weighted by atomic mass is 10.0. The highest BCUT2D eigenvalue weighted by molar-refractivity contribution is 5.91. The van der Waals surface area contributed by atoms with Gasteiger partial charge in [-0.1, -0.05) is 31.0 Å². The molecule has 4 nitrogen and oxygen atoms in total. The summed E-state index contributed by atoms with van der Waals surface area (Å²) in [5, 5.41) is 14.9. The number of amides is 2. The minimum atomic E-state index is -0.177. The summed E-state index contributed by atoms with van der Waals surface area (Å²) in [6.45, 7) is 8.94. The van der Waals surface area contributed by atoms with E-state index in [0.717, 1.165) is 36.1 Å². The second-order valence-electron chi connectivity index (χ2n) is 5.78. The van der Waals surface area contributed by atoms with Crippen LogP contribution in [0.2, 0.25) is 0 Å². The zero-order chi connectivity index (χ0) is 15.8. The van der Waals surface area contributed by atoms with E-state index in [1.807, 2.05) is 20.8 Å². The van der Waals surface area contributed by atoms with Gasteiger partial charge < -0.3 is 15.7 Å². The van der Waals surface area contributed by atoms with Gasteiger partial charge in [0.15, 0.2) is 0 Å². The number of hydrogen-bond acceptors (Lipinski definition) is 2. The molecule has 0 aliphatic rings. The molecule has 1 aromatic rings. The van der Waals surface area contributed by atoms with Crippen molar-refractivity contribution in [2.45, 2.75) is 47.0 Å². The molecule has 0 aliphatic carbocycles. The monoisotopic (exact) mass is 292 g/mol. The van der Waals surface area contributed by atoms with Crippen LogP contribution in [0.1, 0.15) is 42.9 Å². The van der Waals surface area contributed by atoms with Crippen LogP contribution >= 0.6 is 0 Å². The molecule has 21 heavy (non-hydrogen) atoms. The van der Waals surface area contributed by atoms with Gasteiger partial charge in [-0.2, -0.15) is 0 Å². The van der Waals surface area contributed by atoms with Gasteiger partial charge >= 0.3 is 6.03 Å². The standard InChI is InChI=1S/C17H28N2O2/c1-5-6-15(7-8-20)11-18-17(21)19-16-13(3)9-12(2)10-14(16)4/h9-10,15,20H,5-8,11H2,1-4H3,(H2,18,19,21). The Morgan fingerprint density at radius 3 is 2.33 bits per heavy atom. The van der Waals surface area contributed by atoms with Crippen LogP contribution in [0.3, 0.4) is 0 Å². The van der Waals surface area contributed by atoms with Gasteiger partial charge in [-0.15, -0.1) is 0 Å². The molecule has 1 atom stereocenters. The first-order valence-electron chi connectivity index (χ1n) is 7.71. The van der Waals surface area contributed by atoms with Crippen molar-refractivity contribution in [3.63, 3.8) is 0 Å². The molecule has 0 saturated heterocycles. The molecule has 1 aromatic carbocycles. The van der Waals surface area contributed by atoms with E-state index < -0.39 is 0 Å². The van der Waals surface area contributed by atoms with Crippen LogP contribution in [0.4, 0.5) is 10.5 Å². The molecule has 4 heteroatoms. The molecule has 3 N–H and O–H groups in total. The summed E-state index contributed by atoms with van der Waals surface area (Å²) < 4.78 is 0. The van der Waals surface area contributed by atoms with Crippen LogP contribution in [0.5, 0.6) is 0 Å². The summed E-state index contributed by atoms with van der Waals surface area (Å²) in [5.41, 5.74) is 4.22. The number of carbonyl (C=O) groups is 1. The lowest BCUT2D eigenvalue weighted by Gasteiger charge is -2.17. The molecular formula is C17H28N2O2. The van der Waals surface area contributed by atoms with Crippen molar-refractivity contribution in [1.29, 1.82) is 0 Å². The highest BCUT2D eigenvalue weighted by Gasteiger charge is 2.11. The second kappa shape index (κ2) is 8.67. The van der Waals surface area contributed by atoms with E-state index in [9.17, 15) is 4.79 Å². The van der Waals surface area contributed by atoms with E-state index in [0.29, 0.717) is 12.5 Å². The van der Waals surface area contributed by atoms with Gasteiger partial charge in [0.25, 0.3) is 0 Å². The lowest BCUT2D eigenvalue weighted by Crippen LogP contribution is -2.33. The Labute approximate surface area is 128 Å². The lowest BCUT2D eigenvalue weighted by molar-refractivity contribution is 0.236. The Kier molecular flexibility index (Phi) is 7.23.